The number of hydrogen-bond acceptors (Lipinski definition) is 6. The Kier molecular flexibility index (Phi) is 4.59. The summed E-state index contributed by atoms with van der Waals surface area (Å²) >= 11 is 0. The number of nitrogens with zero attached hydrogens (tertiary/aromatic N) is 4. The molecule has 0 bridgehead atoms. The second-order valence-corrected chi connectivity index (χ2v) is 7.96. The first-order chi connectivity index (χ1) is 11.7. The fraction of sp³-hybridized carbons (Fsp3) is 0.706. The van der Waals surface area contributed by atoms with Gasteiger partial charge in [0, 0.05) is 25.3 Å². The first-order valence-electron chi connectivity index (χ1n) is 8.71. The molecule has 25 heavy (non-hydrogen) atoms. The van der Waals surface area contributed by atoms with E-state index in [1.54, 1.807) is 10.9 Å². The highest BCUT2D eigenvalue weighted by atomic mass is 16.5. The monoisotopic (exact) mass is 348 g/mol. The number of aromatic nitrogens is 4. The Bertz CT molecular complexity index is 796. The molecule has 1 aliphatic rings. The fourth-order valence-corrected chi connectivity index (χ4v) is 3.27. The zero-order valence-electron chi connectivity index (χ0n) is 15.7. The van der Waals surface area contributed by atoms with Gasteiger partial charge >= 0.3 is 0 Å². The number of fused-ring (bicyclic) bond motifs is 1. The molecule has 3 heterocycles. The summed E-state index contributed by atoms with van der Waals surface area (Å²) in [5.74, 6) is 0.483. The van der Waals surface area contributed by atoms with Crippen LogP contribution < -0.4 is 10.9 Å². The van der Waals surface area contributed by atoms with Crippen molar-refractivity contribution >= 4 is 17.0 Å². The number of aromatic amines is 1. The third-order valence-electron chi connectivity index (χ3n) is 5.03. The van der Waals surface area contributed by atoms with Gasteiger partial charge in [0.1, 0.15) is 5.39 Å². The zero-order chi connectivity index (χ0) is 18.2. The van der Waals surface area contributed by atoms with Crippen molar-refractivity contribution in [3.63, 3.8) is 0 Å². The van der Waals surface area contributed by atoms with E-state index in [9.17, 15) is 4.79 Å². The molecule has 0 atom stereocenters. The number of H-pyrrole nitrogens is 1. The molecule has 8 nitrogen and oxygen atoms in total. The molecule has 1 saturated heterocycles. The summed E-state index contributed by atoms with van der Waals surface area (Å²) in [5.41, 5.74) is 0.181. The minimum absolute atomic E-state index is 0.00392. The highest BCUT2D eigenvalue weighted by molar-refractivity contribution is 5.74. The average molecular weight is 348 g/mol. The largest absolute Gasteiger partial charge is 0.381 e. The van der Waals surface area contributed by atoms with Crippen LogP contribution in [0.15, 0.2) is 11.0 Å². The summed E-state index contributed by atoms with van der Waals surface area (Å²) in [6.45, 7) is 8.32. The molecule has 2 aromatic rings. The molecule has 0 unspecified atom stereocenters. The Morgan fingerprint density at radius 1 is 1.36 bits per heavy atom. The number of nitrogens with one attached hydrogen (secondary N) is 2. The van der Waals surface area contributed by atoms with Crippen molar-refractivity contribution in [3.8, 4) is 0 Å². The lowest BCUT2D eigenvalue weighted by Gasteiger charge is -2.42. The Hall–Kier alpha value is -1.93. The van der Waals surface area contributed by atoms with Crippen LogP contribution in [0.1, 0.15) is 33.6 Å². The van der Waals surface area contributed by atoms with E-state index in [-0.39, 0.29) is 16.6 Å². The summed E-state index contributed by atoms with van der Waals surface area (Å²) in [7, 11) is 4.17. The Labute approximate surface area is 147 Å². The van der Waals surface area contributed by atoms with Crippen LogP contribution in [0.4, 0.5) is 5.95 Å². The molecular weight excluding hydrogens is 320 g/mol. The van der Waals surface area contributed by atoms with Crippen LogP contribution in [-0.2, 0) is 10.3 Å². The maximum atomic E-state index is 12.4. The smallest absolute Gasteiger partial charge is 0.263 e. The van der Waals surface area contributed by atoms with Gasteiger partial charge in [-0.3, -0.25) is 9.78 Å². The third kappa shape index (κ3) is 3.41. The van der Waals surface area contributed by atoms with Gasteiger partial charge in [0.15, 0.2) is 5.65 Å². The maximum absolute atomic E-state index is 12.4. The van der Waals surface area contributed by atoms with Crippen LogP contribution in [0.3, 0.4) is 0 Å². The molecule has 1 fully saturated rings. The minimum atomic E-state index is -0.245. The van der Waals surface area contributed by atoms with Gasteiger partial charge < -0.3 is 15.0 Å². The standard InChI is InChI=1S/C17H28N6O2/c1-16(2,3)23-13-12(10-19-23)14(24)21-15(20-13)18-11-17(22(4)5)6-8-25-9-7-17/h10H,6-9,11H2,1-5H3,(H2,18,20,21,24). The van der Waals surface area contributed by atoms with Crippen molar-refractivity contribution in [2.75, 3.05) is 39.2 Å². The summed E-state index contributed by atoms with van der Waals surface area (Å²) in [5, 5.41) is 8.18. The van der Waals surface area contributed by atoms with Crippen LogP contribution >= 0.6 is 0 Å². The van der Waals surface area contributed by atoms with E-state index in [0.717, 1.165) is 26.1 Å². The molecular formula is C17H28N6O2. The van der Waals surface area contributed by atoms with Gasteiger partial charge in [0.2, 0.25) is 5.95 Å². The zero-order valence-corrected chi connectivity index (χ0v) is 15.7. The van der Waals surface area contributed by atoms with Gasteiger partial charge in [-0.2, -0.15) is 10.1 Å². The van der Waals surface area contributed by atoms with Crippen molar-refractivity contribution in [1.29, 1.82) is 0 Å². The number of hydrogen-bond donors (Lipinski definition) is 2. The molecule has 0 amide bonds. The molecule has 0 spiro atoms. The fourth-order valence-electron chi connectivity index (χ4n) is 3.27. The number of rotatable bonds is 4. The van der Waals surface area contributed by atoms with Gasteiger partial charge in [-0.05, 0) is 47.7 Å². The molecule has 2 N–H and O–H groups in total. The van der Waals surface area contributed by atoms with Gasteiger partial charge in [-0.25, -0.2) is 4.68 Å². The van der Waals surface area contributed by atoms with Crippen LogP contribution in [0.2, 0.25) is 0 Å². The Morgan fingerprint density at radius 2 is 2.04 bits per heavy atom. The molecule has 8 heteroatoms. The van der Waals surface area contributed by atoms with Crippen molar-refractivity contribution in [1.82, 2.24) is 24.6 Å². The summed E-state index contributed by atoms with van der Waals surface area (Å²) in [6, 6.07) is 0. The van der Waals surface area contributed by atoms with Gasteiger partial charge in [0.05, 0.1) is 11.7 Å². The normalized spacial score (nSPS) is 18.0. The van der Waals surface area contributed by atoms with Crippen molar-refractivity contribution < 1.29 is 4.74 Å². The van der Waals surface area contributed by atoms with Gasteiger partial charge in [0.25, 0.3) is 5.56 Å². The van der Waals surface area contributed by atoms with Crippen molar-refractivity contribution in [3.05, 3.63) is 16.6 Å². The Morgan fingerprint density at radius 3 is 2.64 bits per heavy atom. The first-order valence-corrected chi connectivity index (χ1v) is 8.71. The maximum Gasteiger partial charge on any atom is 0.263 e. The van der Waals surface area contributed by atoms with E-state index >= 15 is 0 Å². The molecule has 0 aliphatic carbocycles. The number of ether oxygens (including phenoxy) is 1. The lowest BCUT2D eigenvalue weighted by Crippen LogP contribution is -2.53. The van der Waals surface area contributed by atoms with Crippen LogP contribution in [0, 0.1) is 0 Å². The highest BCUT2D eigenvalue weighted by Crippen LogP contribution is 2.26. The van der Waals surface area contributed by atoms with E-state index in [4.69, 9.17) is 4.74 Å². The van der Waals surface area contributed by atoms with Crippen molar-refractivity contribution in [2.24, 2.45) is 0 Å². The van der Waals surface area contributed by atoms with E-state index in [0.29, 0.717) is 23.5 Å². The quantitative estimate of drug-likeness (QED) is 0.868. The van der Waals surface area contributed by atoms with E-state index in [1.807, 2.05) is 20.8 Å². The molecule has 138 valence electrons. The summed E-state index contributed by atoms with van der Waals surface area (Å²) < 4.78 is 7.30. The summed E-state index contributed by atoms with van der Waals surface area (Å²) in [6.07, 6.45) is 3.47. The Balaban J connectivity index is 1.90. The molecule has 0 saturated carbocycles. The van der Waals surface area contributed by atoms with Crippen LogP contribution in [0.5, 0.6) is 0 Å². The second kappa shape index (κ2) is 6.42. The molecule has 1 aliphatic heterocycles. The highest BCUT2D eigenvalue weighted by Gasteiger charge is 2.34. The average Bonchev–Trinajstić information content (AvgIpc) is 2.98. The lowest BCUT2D eigenvalue weighted by molar-refractivity contribution is -0.000703. The molecule has 2 aromatic heterocycles. The van der Waals surface area contributed by atoms with E-state index in [2.05, 4.69) is 39.4 Å². The predicted molar refractivity (Wildman–Crippen MR) is 98.1 cm³/mol. The van der Waals surface area contributed by atoms with Crippen molar-refractivity contribution in [2.45, 2.75) is 44.7 Å². The van der Waals surface area contributed by atoms with Crippen LogP contribution in [0.25, 0.3) is 11.0 Å². The van der Waals surface area contributed by atoms with E-state index in [1.165, 1.54) is 0 Å². The molecule has 3 rings (SSSR count). The number of likely N-dealkylation sites (N-methyl/N-ethyl adjacent to an activating group) is 1. The SMILES string of the molecule is CN(C)C1(CNc2nc3c(cnn3C(C)(C)C)c(=O)[nH]2)CCOCC1. The molecule has 0 aromatic carbocycles. The molecule has 0 radical (unpaired) electrons. The van der Waals surface area contributed by atoms with Gasteiger partial charge in [-0.1, -0.05) is 0 Å². The van der Waals surface area contributed by atoms with E-state index < -0.39 is 0 Å². The number of anilines is 1. The summed E-state index contributed by atoms with van der Waals surface area (Å²) in [4.78, 5) is 22.1. The first kappa shape index (κ1) is 17.9. The third-order valence-corrected chi connectivity index (χ3v) is 5.03. The lowest BCUT2D eigenvalue weighted by atomic mass is 9.88. The topological polar surface area (TPSA) is 88.1 Å². The minimum Gasteiger partial charge on any atom is -0.381 e. The second-order valence-electron chi connectivity index (χ2n) is 7.96. The van der Waals surface area contributed by atoms with Gasteiger partial charge in [-0.15, -0.1) is 0 Å². The predicted octanol–water partition coefficient (Wildman–Crippen LogP) is 1.40. The van der Waals surface area contributed by atoms with Crippen LogP contribution in [-0.4, -0.2) is 64.0 Å².